The summed E-state index contributed by atoms with van der Waals surface area (Å²) in [6, 6.07) is 6.28. The maximum atomic E-state index is 5.63. The van der Waals surface area contributed by atoms with Crippen LogP contribution in [0.3, 0.4) is 0 Å². The summed E-state index contributed by atoms with van der Waals surface area (Å²) in [5.74, 6) is 2.47. The highest BCUT2D eigenvalue weighted by molar-refractivity contribution is 14.0. The maximum Gasteiger partial charge on any atom is 0.231 e. The van der Waals surface area contributed by atoms with Gasteiger partial charge in [-0.15, -0.1) is 24.0 Å². The van der Waals surface area contributed by atoms with E-state index in [0.29, 0.717) is 6.79 Å². The first-order valence-electron chi connectivity index (χ1n) is 9.77. The van der Waals surface area contributed by atoms with Gasteiger partial charge in [-0.1, -0.05) is 6.07 Å². The normalized spacial score (nSPS) is 17.7. The van der Waals surface area contributed by atoms with Gasteiger partial charge in [0.05, 0.1) is 0 Å². The molecule has 0 saturated carbocycles. The van der Waals surface area contributed by atoms with Crippen LogP contribution in [0.1, 0.15) is 31.7 Å². The average molecular weight is 505 g/mol. The first-order valence-corrected chi connectivity index (χ1v) is 9.77. The Labute approximate surface area is 184 Å². The molecule has 1 aromatic carbocycles. The van der Waals surface area contributed by atoms with Crippen LogP contribution in [-0.2, 0) is 14.9 Å². The van der Waals surface area contributed by atoms with Crippen molar-refractivity contribution in [2.24, 2.45) is 4.99 Å². The van der Waals surface area contributed by atoms with Gasteiger partial charge in [-0.2, -0.15) is 0 Å². The molecule has 0 aromatic heterocycles. The first kappa shape index (κ1) is 23.0. The Kier molecular flexibility index (Phi) is 9.60. The van der Waals surface area contributed by atoms with E-state index in [1.54, 1.807) is 7.05 Å². The number of rotatable bonds is 8. The van der Waals surface area contributed by atoms with E-state index in [0.717, 1.165) is 76.2 Å². The topological polar surface area (TPSA) is 73.3 Å². The van der Waals surface area contributed by atoms with E-state index in [2.05, 4.69) is 27.8 Å². The van der Waals surface area contributed by atoms with Crippen molar-refractivity contribution in [1.82, 2.24) is 10.6 Å². The number of hydrogen-bond donors (Lipinski definition) is 2. The number of ether oxygens (including phenoxy) is 4. The van der Waals surface area contributed by atoms with Crippen molar-refractivity contribution in [3.8, 4) is 11.5 Å². The van der Waals surface area contributed by atoms with Crippen LogP contribution in [0.5, 0.6) is 11.5 Å². The lowest BCUT2D eigenvalue weighted by molar-refractivity contribution is 0.0513. The summed E-state index contributed by atoms with van der Waals surface area (Å²) in [6.45, 7) is 6.98. The third-order valence-electron chi connectivity index (χ3n) is 5.21. The van der Waals surface area contributed by atoms with Gasteiger partial charge in [-0.3, -0.25) is 4.99 Å². The number of aliphatic imine (C=N–C) groups is 1. The molecule has 1 fully saturated rings. The van der Waals surface area contributed by atoms with Gasteiger partial charge in [-0.05, 0) is 43.9 Å². The van der Waals surface area contributed by atoms with Crippen LogP contribution in [0.15, 0.2) is 23.2 Å². The molecule has 0 aliphatic carbocycles. The van der Waals surface area contributed by atoms with Crippen LogP contribution >= 0.6 is 24.0 Å². The molecule has 2 heterocycles. The molecule has 28 heavy (non-hydrogen) atoms. The molecule has 0 amide bonds. The lowest BCUT2D eigenvalue weighted by Gasteiger charge is -2.38. The van der Waals surface area contributed by atoms with Gasteiger partial charge in [0.1, 0.15) is 0 Å². The smallest absolute Gasteiger partial charge is 0.231 e. The van der Waals surface area contributed by atoms with E-state index < -0.39 is 0 Å². The molecule has 2 N–H and O–H groups in total. The van der Waals surface area contributed by atoms with E-state index in [9.17, 15) is 0 Å². The minimum absolute atomic E-state index is 0. The largest absolute Gasteiger partial charge is 0.454 e. The van der Waals surface area contributed by atoms with Crippen LogP contribution in [-0.4, -0.2) is 59.3 Å². The van der Waals surface area contributed by atoms with Crippen LogP contribution in [0, 0.1) is 0 Å². The standard InChI is InChI=1S/C20H31N3O4.HI/c1-3-24-10-4-9-22-19(21-2)23-14-20(7-11-25-12-8-20)16-5-6-17-18(13-16)27-15-26-17;/h5-6,13H,3-4,7-12,14-15H2,1-2H3,(H2,21,22,23);1H. The van der Waals surface area contributed by atoms with Crippen LogP contribution in [0.25, 0.3) is 0 Å². The van der Waals surface area contributed by atoms with Gasteiger partial charge in [-0.25, -0.2) is 0 Å². The number of nitrogens with one attached hydrogen (secondary N) is 2. The van der Waals surface area contributed by atoms with E-state index >= 15 is 0 Å². The third-order valence-corrected chi connectivity index (χ3v) is 5.21. The summed E-state index contributed by atoms with van der Waals surface area (Å²) < 4.78 is 22.1. The zero-order valence-electron chi connectivity index (χ0n) is 16.8. The quantitative estimate of drug-likeness (QED) is 0.245. The van der Waals surface area contributed by atoms with Crippen molar-refractivity contribution in [1.29, 1.82) is 0 Å². The number of fused-ring (bicyclic) bond motifs is 1. The Balaban J connectivity index is 0.00000280. The van der Waals surface area contributed by atoms with Crippen LogP contribution in [0.2, 0.25) is 0 Å². The summed E-state index contributed by atoms with van der Waals surface area (Å²) in [7, 11) is 1.80. The summed E-state index contributed by atoms with van der Waals surface area (Å²) in [6.07, 6.45) is 2.87. The highest BCUT2D eigenvalue weighted by Gasteiger charge is 2.35. The monoisotopic (exact) mass is 505 g/mol. The zero-order valence-corrected chi connectivity index (χ0v) is 19.1. The predicted molar refractivity (Wildman–Crippen MR) is 120 cm³/mol. The lowest BCUT2D eigenvalue weighted by Crippen LogP contribution is -2.48. The van der Waals surface area contributed by atoms with Crippen molar-refractivity contribution < 1.29 is 18.9 Å². The Morgan fingerprint density at radius 2 is 1.96 bits per heavy atom. The number of benzene rings is 1. The van der Waals surface area contributed by atoms with Gasteiger partial charge in [0.25, 0.3) is 0 Å². The van der Waals surface area contributed by atoms with E-state index in [1.165, 1.54) is 5.56 Å². The number of guanidine groups is 1. The van der Waals surface area contributed by atoms with Crippen molar-refractivity contribution in [3.05, 3.63) is 23.8 Å². The third kappa shape index (κ3) is 5.87. The fourth-order valence-corrected chi connectivity index (χ4v) is 3.55. The number of halogens is 1. The molecule has 2 aliphatic heterocycles. The van der Waals surface area contributed by atoms with E-state index in [4.69, 9.17) is 18.9 Å². The molecular formula is C20H32IN3O4. The molecule has 0 bridgehead atoms. The molecule has 2 aliphatic rings. The fourth-order valence-electron chi connectivity index (χ4n) is 3.55. The second kappa shape index (κ2) is 11.7. The molecule has 0 radical (unpaired) electrons. The first-order chi connectivity index (χ1) is 13.3. The molecule has 158 valence electrons. The summed E-state index contributed by atoms with van der Waals surface area (Å²) in [4.78, 5) is 4.35. The second-order valence-corrected chi connectivity index (χ2v) is 6.86. The summed E-state index contributed by atoms with van der Waals surface area (Å²) in [5, 5.41) is 6.87. The van der Waals surface area contributed by atoms with Gasteiger partial charge < -0.3 is 29.6 Å². The second-order valence-electron chi connectivity index (χ2n) is 6.86. The fraction of sp³-hybridized carbons (Fsp3) is 0.650. The molecule has 0 atom stereocenters. The molecule has 1 saturated heterocycles. The molecule has 7 nitrogen and oxygen atoms in total. The van der Waals surface area contributed by atoms with Gasteiger partial charge >= 0.3 is 0 Å². The van der Waals surface area contributed by atoms with Crippen molar-refractivity contribution in [3.63, 3.8) is 0 Å². The Bertz CT molecular complexity index is 636. The van der Waals surface area contributed by atoms with E-state index in [1.807, 2.05) is 13.0 Å². The Morgan fingerprint density at radius 1 is 1.18 bits per heavy atom. The molecule has 0 unspecified atom stereocenters. The molecule has 8 heteroatoms. The predicted octanol–water partition coefficient (Wildman–Crippen LogP) is 2.67. The molecule has 1 aromatic rings. The van der Waals surface area contributed by atoms with Gasteiger partial charge in [0.2, 0.25) is 6.79 Å². The minimum atomic E-state index is -0.0117. The van der Waals surface area contributed by atoms with Crippen molar-refractivity contribution >= 4 is 29.9 Å². The summed E-state index contributed by atoms with van der Waals surface area (Å²) >= 11 is 0. The Morgan fingerprint density at radius 3 is 2.71 bits per heavy atom. The number of nitrogens with zero attached hydrogens (tertiary/aromatic N) is 1. The highest BCUT2D eigenvalue weighted by Crippen LogP contribution is 2.40. The molecule has 3 rings (SSSR count). The lowest BCUT2D eigenvalue weighted by atomic mass is 9.74. The molecular weight excluding hydrogens is 473 g/mol. The van der Waals surface area contributed by atoms with Crippen LogP contribution < -0.4 is 20.1 Å². The van der Waals surface area contributed by atoms with Crippen LogP contribution in [0.4, 0.5) is 0 Å². The van der Waals surface area contributed by atoms with Crippen molar-refractivity contribution in [2.75, 3.05) is 53.4 Å². The summed E-state index contributed by atoms with van der Waals surface area (Å²) in [5.41, 5.74) is 1.25. The zero-order chi connectivity index (χ0) is 19.0. The molecule has 0 spiro atoms. The Hall–Kier alpha value is -1.26. The van der Waals surface area contributed by atoms with E-state index in [-0.39, 0.29) is 29.4 Å². The van der Waals surface area contributed by atoms with Gasteiger partial charge in [0, 0.05) is 52.0 Å². The number of hydrogen-bond acceptors (Lipinski definition) is 5. The SMILES string of the molecule is CCOCCCNC(=NC)NCC1(c2ccc3c(c2)OCO3)CCOCC1.I. The maximum absolute atomic E-state index is 5.63. The van der Waals surface area contributed by atoms with Gasteiger partial charge in [0.15, 0.2) is 17.5 Å². The average Bonchev–Trinajstić information content (AvgIpc) is 3.18. The minimum Gasteiger partial charge on any atom is -0.454 e. The van der Waals surface area contributed by atoms with Crippen molar-refractivity contribution in [2.45, 2.75) is 31.6 Å². The highest BCUT2D eigenvalue weighted by atomic mass is 127.